The molecule has 0 unspecified atom stereocenters. The normalized spacial score (nSPS) is 10.7. The van der Waals surface area contributed by atoms with Gasteiger partial charge < -0.3 is 14.6 Å². The summed E-state index contributed by atoms with van der Waals surface area (Å²) in [5.41, 5.74) is 1.28. The van der Waals surface area contributed by atoms with E-state index >= 15 is 0 Å². The average Bonchev–Trinajstić information content (AvgIpc) is 2.94. The molecule has 0 fully saturated rings. The van der Waals surface area contributed by atoms with Crippen LogP contribution in [0.2, 0.25) is 0 Å². The van der Waals surface area contributed by atoms with Gasteiger partial charge in [0.25, 0.3) is 21.5 Å². The maximum absolute atomic E-state index is 10.7. The van der Waals surface area contributed by atoms with E-state index in [9.17, 15) is 28.6 Å². The molecule has 0 atom stereocenters. The van der Waals surface area contributed by atoms with Gasteiger partial charge in [-0.25, -0.2) is 9.97 Å². The van der Waals surface area contributed by atoms with Crippen molar-refractivity contribution >= 4 is 21.5 Å². The highest BCUT2D eigenvalue weighted by Crippen LogP contribution is 2.23. The Morgan fingerprint density at radius 3 is 1.45 bits per heavy atom. The molecule has 4 rings (SSSR count). The van der Waals surface area contributed by atoms with Crippen molar-refractivity contribution in [3.63, 3.8) is 0 Å². The molecule has 0 saturated carbocycles. The second kappa shape index (κ2) is 13.7. The van der Waals surface area contributed by atoms with E-state index in [0.717, 1.165) is 0 Å². The summed E-state index contributed by atoms with van der Waals surface area (Å²) in [6.45, 7) is -0.0786. The highest BCUT2D eigenvalue weighted by molar-refractivity contribution is 7.85. The lowest BCUT2D eigenvalue weighted by Crippen LogP contribution is -2.06. The number of nitrogens with zero attached hydrogens (tertiary/aromatic N) is 4. The lowest BCUT2D eigenvalue weighted by molar-refractivity contribution is -0.385. The summed E-state index contributed by atoms with van der Waals surface area (Å²) in [7, 11) is -4.01. The van der Waals surface area contributed by atoms with Gasteiger partial charge in [0.15, 0.2) is 0 Å². The molecule has 0 saturated heterocycles. The van der Waals surface area contributed by atoms with Crippen LogP contribution in [0.4, 0.5) is 11.4 Å². The van der Waals surface area contributed by atoms with Crippen molar-refractivity contribution in [3.8, 4) is 23.3 Å². The number of benzene rings is 2. The fraction of sp³-hybridized carbons (Fsp3) is 0.120. The number of nitro groups is 2. The smallest absolute Gasteiger partial charge is 0.269 e. The lowest BCUT2D eigenvalue weighted by Gasteiger charge is -2.05. The Morgan fingerprint density at radius 2 is 1.12 bits per heavy atom. The number of non-ortho nitro benzene ring substituents is 2. The molecule has 40 heavy (non-hydrogen) atoms. The monoisotopic (exact) mass is 570 g/mol. The maximum Gasteiger partial charge on any atom is 0.269 e. The third kappa shape index (κ3) is 9.71. The van der Waals surface area contributed by atoms with Crippen molar-refractivity contribution in [1.29, 1.82) is 0 Å². The van der Waals surface area contributed by atoms with E-state index in [0.29, 0.717) is 28.5 Å². The fourth-order valence-corrected chi connectivity index (χ4v) is 3.44. The molecule has 208 valence electrons. The Morgan fingerprint density at radius 1 is 0.700 bits per heavy atom. The third-order valence-corrected chi connectivity index (χ3v) is 5.69. The van der Waals surface area contributed by atoms with Crippen LogP contribution < -0.4 is 9.47 Å². The first-order chi connectivity index (χ1) is 19.0. The van der Waals surface area contributed by atoms with Gasteiger partial charge >= 0.3 is 0 Å². The van der Waals surface area contributed by atoms with Gasteiger partial charge in [-0.05, 0) is 47.9 Å². The zero-order chi connectivity index (χ0) is 29.1. The van der Waals surface area contributed by atoms with Crippen molar-refractivity contribution < 1.29 is 37.4 Å². The second-order valence-electron chi connectivity index (χ2n) is 7.91. The Balaban J connectivity index is 0.000000225. The van der Waals surface area contributed by atoms with Crippen LogP contribution in [0.1, 0.15) is 11.1 Å². The summed E-state index contributed by atoms with van der Waals surface area (Å²) in [6, 6.07) is 17.7. The van der Waals surface area contributed by atoms with Crippen LogP contribution in [0.25, 0.3) is 0 Å². The molecular formula is C25H22N4O10S. The first-order valence-corrected chi connectivity index (χ1v) is 12.9. The fourth-order valence-electron chi connectivity index (χ4n) is 2.94. The van der Waals surface area contributed by atoms with Gasteiger partial charge in [0, 0.05) is 48.8 Å². The second-order valence-corrected chi connectivity index (χ2v) is 9.48. The van der Waals surface area contributed by atoms with Gasteiger partial charge in [-0.3, -0.25) is 24.8 Å². The SMILES string of the molecule is O=[N+]([O-])c1ccc(Oc2ccc(CCS(=O)(=O)O)cn2)cc1.O=[N+]([O-])c1ccc(Oc2ccc(CO)cn2)cc1. The summed E-state index contributed by atoms with van der Waals surface area (Å²) in [5.74, 6) is 1.11. The molecule has 0 aliphatic rings. The summed E-state index contributed by atoms with van der Waals surface area (Å²) >= 11 is 0. The Hall–Kier alpha value is -4.99. The van der Waals surface area contributed by atoms with E-state index in [2.05, 4.69) is 9.97 Å². The summed E-state index contributed by atoms with van der Waals surface area (Å²) in [5, 5.41) is 29.9. The largest absolute Gasteiger partial charge is 0.439 e. The number of aliphatic hydroxyl groups excluding tert-OH is 1. The van der Waals surface area contributed by atoms with E-state index in [4.69, 9.17) is 19.1 Å². The summed E-state index contributed by atoms with van der Waals surface area (Å²) in [4.78, 5) is 28.0. The van der Waals surface area contributed by atoms with Crippen LogP contribution in [-0.4, -0.2) is 43.6 Å². The third-order valence-electron chi connectivity index (χ3n) is 4.97. The predicted octanol–water partition coefficient (Wildman–Crippen LogP) is 4.49. The molecule has 14 nitrogen and oxygen atoms in total. The molecule has 2 aromatic heterocycles. The zero-order valence-corrected chi connectivity index (χ0v) is 21.4. The minimum absolute atomic E-state index is 0.00550. The number of nitro benzene ring substituents is 2. The number of aromatic nitrogens is 2. The lowest BCUT2D eigenvalue weighted by atomic mass is 10.2. The highest BCUT2D eigenvalue weighted by atomic mass is 32.2. The van der Waals surface area contributed by atoms with E-state index in [-0.39, 0.29) is 36.0 Å². The van der Waals surface area contributed by atoms with Gasteiger partial charge in [0.2, 0.25) is 11.8 Å². The molecule has 4 aromatic rings. The van der Waals surface area contributed by atoms with E-state index in [1.165, 1.54) is 60.9 Å². The van der Waals surface area contributed by atoms with Crippen LogP contribution in [0, 0.1) is 20.2 Å². The molecule has 0 aliphatic heterocycles. The molecule has 2 heterocycles. The van der Waals surface area contributed by atoms with Crippen LogP contribution >= 0.6 is 0 Å². The average molecular weight is 571 g/mol. The molecular weight excluding hydrogens is 548 g/mol. The Labute approximate surface area is 227 Å². The molecule has 0 radical (unpaired) electrons. The van der Waals surface area contributed by atoms with Crippen molar-refractivity contribution in [2.24, 2.45) is 0 Å². The summed E-state index contributed by atoms with van der Waals surface area (Å²) in [6.07, 6.45) is 3.08. The number of pyridine rings is 2. The molecule has 15 heteroatoms. The summed E-state index contributed by atoms with van der Waals surface area (Å²) < 4.78 is 40.8. The van der Waals surface area contributed by atoms with E-state index in [1.54, 1.807) is 24.3 Å². The van der Waals surface area contributed by atoms with Crippen LogP contribution in [0.15, 0.2) is 85.2 Å². The predicted molar refractivity (Wildman–Crippen MR) is 141 cm³/mol. The molecule has 2 N–H and O–H groups in total. The van der Waals surface area contributed by atoms with Crippen molar-refractivity contribution in [1.82, 2.24) is 9.97 Å². The van der Waals surface area contributed by atoms with Crippen LogP contribution in [-0.2, 0) is 23.1 Å². The number of ether oxygens (including phenoxy) is 2. The number of aliphatic hydroxyl groups is 1. The van der Waals surface area contributed by atoms with Crippen molar-refractivity contribution in [2.45, 2.75) is 13.0 Å². The van der Waals surface area contributed by atoms with Gasteiger partial charge in [-0.2, -0.15) is 8.42 Å². The van der Waals surface area contributed by atoms with Crippen molar-refractivity contribution in [2.75, 3.05) is 5.75 Å². The van der Waals surface area contributed by atoms with E-state index in [1.807, 2.05) is 0 Å². The van der Waals surface area contributed by atoms with Gasteiger partial charge in [0.1, 0.15) is 11.5 Å². The Kier molecular flexibility index (Phi) is 10.1. The standard InChI is InChI=1S/C13H12N2O6S.C12H10N2O4/c16-15(17)11-2-4-12(5-3-11)21-13-6-1-10(9-14-13)7-8-22(18,19)20;15-8-9-1-6-12(13-7-9)18-11-4-2-10(3-5-11)14(16)17/h1-6,9H,7-8H2,(H,18,19,20);1-7,15H,8H2. The van der Waals surface area contributed by atoms with Crippen LogP contribution in [0.5, 0.6) is 23.3 Å². The number of hydrogen-bond donors (Lipinski definition) is 2. The van der Waals surface area contributed by atoms with Gasteiger partial charge in [0.05, 0.1) is 22.2 Å². The van der Waals surface area contributed by atoms with Crippen molar-refractivity contribution in [3.05, 3.63) is 117 Å². The van der Waals surface area contributed by atoms with Crippen LogP contribution in [0.3, 0.4) is 0 Å². The minimum atomic E-state index is -4.01. The molecule has 0 amide bonds. The number of rotatable bonds is 10. The molecule has 0 spiro atoms. The zero-order valence-electron chi connectivity index (χ0n) is 20.6. The minimum Gasteiger partial charge on any atom is -0.439 e. The topological polar surface area (TPSA) is 205 Å². The Bertz CT molecular complexity index is 1530. The molecule has 0 bridgehead atoms. The van der Waals surface area contributed by atoms with Gasteiger partial charge in [-0.15, -0.1) is 0 Å². The maximum atomic E-state index is 10.7. The molecule has 0 aliphatic carbocycles. The number of hydrogen-bond acceptors (Lipinski definition) is 11. The van der Waals surface area contributed by atoms with Gasteiger partial charge in [-0.1, -0.05) is 6.07 Å². The quantitative estimate of drug-likeness (QED) is 0.154. The number of aryl methyl sites for hydroxylation is 1. The highest BCUT2D eigenvalue weighted by Gasteiger charge is 2.08. The molecule has 2 aromatic carbocycles. The van der Waals surface area contributed by atoms with E-state index < -0.39 is 20.0 Å². The first-order valence-electron chi connectivity index (χ1n) is 11.3. The first kappa shape index (κ1) is 29.6.